The van der Waals surface area contributed by atoms with Crippen LogP contribution in [0.2, 0.25) is 0 Å². The van der Waals surface area contributed by atoms with Gasteiger partial charge in [0.1, 0.15) is 0 Å². The van der Waals surface area contributed by atoms with Crippen LogP contribution in [-0.4, -0.2) is 54.9 Å². The quantitative estimate of drug-likeness (QED) is 0.828. The number of carbonyl (C=O) groups is 2. The molecule has 1 aliphatic heterocycles. The summed E-state index contributed by atoms with van der Waals surface area (Å²) in [5.74, 6) is -0.657. The lowest BCUT2D eigenvalue weighted by molar-refractivity contribution is -0.143. The number of nitrogens with one attached hydrogen (secondary N) is 1. The van der Waals surface area contributed by atoms with Crippen LogP contribution in [0.15, 0.2) is 0 Å². The van der Waals surface area contributed by atoms with E-state index in [0.717, 1.165) is 45.3 Å². The van der Waals surface area contributed by atoms with Crippen LogP contribution in [0.25, 0.3) is 0 Å². The molecule has 1 aliphatic carbocycles. The van der Waals surface area contributed by atoms with Crippen LogP contribution >= 0.6 is 0 Å². The van der Waals surface area contributed by atoms with Crippen molar-refractivity contribution in [3.05, 3.63) is 0 Å². The molecule has 1 saturated heterocycles. The highest BCUT2D eigenvalue weighted by Crippen LogP contribution is 2.24. The highest BCUT2D eigenvalue weighted by Gasteiger charge is 2.28. The Kier molecular flexibility index (Phi) is 5.85. The predicted molar refractivity (Wildman–Crippen MR) is 78.1 cm³/mol. The molecule has 21 heavy (non-hydrogen) atoms. The van der Waals surface area contributed by atoms with Gasteiger partial charge in [0, 0.05) is 32.2 Å². The summed E-state index contributed by atoms with van der Waals surface area (Å²) in [6, 6.07) is -0.117. The molecular weight excluding hydrogens is 272 g/mol. The molecule has 120 valence electrons. The molecule has 3 atom stereocenters. The summed E-state index contributed by atoms with van der Waals surface area (Å²) in [4.78, 5) is 24.9. The SMILES string of the molecule is CN(CC1CCCOC1)C(=O)NC1CCCC(C(=O)O)C1. The Morgan fingerprint density at radius 2 is 2.10 bits per heavy atom. The van der Waals surface area contributed by atoms with E-state index in [2.05, 4.69) is 5.32 Å². The molecule has 0 aromatic rings. The average Bonchev–Trinajstić information content (AvgIpc) is 2.48. The minimum absolute atomic E-state index is 0.0163. The van der Waals surface area contributed by atoms with E-state index in [4.69, 9.17) is 9.84 Å². The Hall–Kier alpha value is -1.30. The normalized spacial score (nSPS) is 29.7. The first-order valence-corrected chi connectivity index (χ1v) is 7.88. The maximum atomic E-state index is 12.2. The molecule has 1 saturated carbocycles. The van der Waals surface area contributed by atoms with Crippen molar-refractivity contribution >= 4 is 12.0 Å². The topological polar surface area (TPSA) is 78.9 Å². The summed E-state index contributed by atoms with van der Waals surface area (Å²) in [6.45, 7) is 2.24. The molecule has 2 rings (SSSR count). The van der Waals surface area contributed by atoms with Gasteiger partial charge in [0.15, 0.2) is 0 Å². The molecule has 0 aromatic heterocycles. The molecule has 0 spiro atoms. The lowest BCUT2D eigenvalue weighted by Crippen LogP contribution is -2.47. The van der Waals surface area contributed by atoms with Gasteiger partial charge in [0.25, 0.3) is 0 Å². The standard InChI is InChI=1S/C15H26N2O4/c1-17(9-11-4-3-7-21-10-11)15(20)16-13-6-2-5-12(8-13)14(18)19/h11-13H,2-10H2,1H3,(H,16,20)(H,18,19). The summed E-state index contributed by atoms with van der Waals surface area (Å²) in [7, 11) is 1.79. The number of ether oxygens (including phenoxy) is 1. The lowest BCUT2D eigenvalue weighted by atomic mass is 9.86. The van der Waals surface area contributed by atoms with Crippen LogP contribution in [0.4, 0.5) is 4.79 Å². The second-order valence-corrected chi connectivity index (χ2v) is 6.31. The first-order chi connectivity index (χ1) is 10.1. The third-order valence-corrected chi connectivity index (χ3v) is 4.48. The summed E-state index contributed by atoms with van der Waals surface area (Å²) >= 11 is 0. The van der Waals surface area contributed by atoms with E-state index >= 15 is 0 Å². The van der Waals surface area contributed by atoms with E-state index in [9.17, 15) is 9.59 Å². The van der Waals surface area contributed by atoms with E-state index in [-0.39, 0.29) is 18.0 Å². The zero-order valence-electron chi connectivity index (χ0n) is 12.7. The molecule has 0 aromatic carbocycles. The summed E-state index contributed by atoms with van der Waals surface area (Å²) < 4.78 is 5.43. The molecule has 2 amide bonds. The summed E-state index contributed by atoms with van der Waals surface area (Å²) in [6.07, 6.45) is 5.15. The lowest BCUT2D eigenvalue weighted by Gasteiger charge is -2.31. The molecule has 3 unspecified atom stereocenters. The number of rotatable bonds is 4. The van der Waals surface area contributed by atoms with Crippen molar-refractivity contribution in [2.75, 3.05) is 26.8 Å². The average molecular weight is 298 g/mol. The zero-order valence-corrected chi connectivity index (χ0v) is 12.7. The molecule has 2 N–H and O–H groups in total. The minimum Gasteiger partial charge on any atom is -0.481 e. The second kappa shape index (κ2) is 7.64. The molecule has 0 radical (unpaired) electrons. The van der Waals surface area contributed by atoms with Crippen LogP contribution in [0, 0.1) is 11.8 Å². The zero-order chi connectivity index (χ0) is 15.2. The Labute approximate surface area is 125 Å². The third kappa shape index (κ3) is 4.88. The van der Waals surface area contributed by atoms with E-state index in [1.807, 2.05) is 0 Å². The number of urea groups is 1. The Bertz CT molecular complexity index is 369. The second-order valence-electron chi connectivity index (χ2n) is 6.31. The van der Waals surface area contributed by atoms with Crippen molar-refractivity contribution in [2.45, 2.75) is 44.6 Å². The van der Waals surface area contributed by atoms with Crippen LogP contribution in [0.5, 0.6) is 0 Å². The Morgan fingerprint density at radius 1 is 1.29 bits per heavy atom. The number of carboxylic acid groups (broad SMARTS) is 1. The number of nitrogens with zero attached hydrogens (tertiary/aromatic N) is 1. The first-order valence-electron chi connectivity index (χ1n) is 7.88. The van der Waals surface area contributed by atoms with Crippen LogP contribution in [0.1, 0.15) is 38.5 Å². The van der Waals surface area contributed by atoms with E-state index in [1.165, 1.54) is 0 Å². The molecule has 1 heterocycles. The number of carbonyl (C=O) groups excluding carboxylic acids is 1. The van der Waals surface area contributed by atoms with Crippen LogP contribution < -0.4 is 5.32 Å². The van der Waals surface area contributed by atoms with Crippen molar-refractivity contribution in [3.63, 3.8) is 0 Å². The summed E-state index contributed by atoms with van der Waals surface area (Å²) in [5, 5.41) is 12.1. The first kappa shape index (κ1) is 16.1. The van der Waals surface area contributed by atoms with E-state index < -0.39 is 5.97 Å². The molecule has 6 nitrogen and oxygen atoms in total. The maximum Gasteiger partial charge on any atom is 0.317 e. The van der Waals surface area contributed by atoms with Crippen LogP contribution in [-0.2, 0) is 9.53 Å². The smallest absolute Gasteiger partial charge is 0.317 e. The fourth-order valence-corrected chi connectivity index (χ4v) is 3.25. The number of hydrogen-bond donors (Lipinski definition) is 2. The molecule has 2 fully saturated rings. The molecule has 0 bridgehead atoms. The van der Waals surface area contributed by atoms with Gasteiger partial charge < -0.3 is 20.1 Å². The van der Waals surface area contributed by atoms with Gasteiger partial charge in [-0.15, -0.1) is 0 Å². The van der Waals surface area contributed by atoms with E-state index in [1.54, 1.807) is 11.9 Å². The van der Waals surface area contributed by atoms with Gasteiger partial charge in [0.05, 0.1) is 12.5 Å². The van der Waals surface area contributed by atoms with Crippen molar-refractivity contribution in [2.24, 2.45) is 11.8 Å². The Morgan fingerprint density at radius 3 is 2.76 bits per heavy atom. The van der Waals surface area contributed by atoms with Crippen molar-refractivity contribution in [3.8, 4) is 0 Å². The summed E-state index contributed by atoms with van der Waals surface area (Å²) in [5.41, 5.74) is 0. The Balaban J connectivity index is 1.75. The van der Waals surface area contributed by atoms with Crippen molar-refractivity contribution < 1.29 is 19.4 Å². The van der Waals surface area contributed by atoms with Gasteiger partial charge in [-0.25, -0.2) is 4.79 Å². The highest BCUT2D eigenvalue weighted by atomic mass is 16.5. The number of amides is 2. The fourth-order valence-electron chi connectivity index (χ4n) is 3.25. The third-order valence-electron chi connectivity index (χ3n) is 4.48. The van der Waals surface area contributed by atoms with Gasteiger partial charge in [0.2, 0.25) is 0 Å². The predicted octanol–water partition coefficient (Wildman–Crippen LogP) is 1.70. The van der Waals surface area contributed by atoms with Crippen LogP contribution in [0.3, 0.4) is 0 Å². The van der Waals surface area contributed by atoms with Gasteiger partial charge in [-0.2, -0.15) is 0 Å². The van der Waals surface area contributed by atoms with Gasteiger partial charge in [-0.1, -0.05) is 6.42 Å². The number of hydrogen-bond acceptors (Lipinski definition) is 3. The van der Waals surface area contributed by atoms with Gasteiger partial charge in [-0.05, 0) is 32.1 Å². The molecule has 6 heteroatoms. The van der Waals surface area contributed by atoms with Crippen molar-refractivity contribution in [1.82, 2.24) is 10.2 Å². The van der Waals surface area contributed by atoms with Crippen molar-refractivity contribution in [1.29, 1.82) is 0 Å². The number of aliphatic carboxylic acids is 1. The van der Waals surface area contributed by atoms with Gasteiger partial charge >= 0.3 is 12.0 Å². The maximum absolute atomic E-state index is 12.2. The van der Waals surface area contributed by atoms with Gasteiger partial charge in [-0.3, -0.25) is 4.79 Å². The molecule has 2 aliphatic rings. The largest absolute Gasteiger partial charge is 0.481 e. The molecular formula is C15H26N2O4. The highest BCUT2D eigenvalue weighted by molar-refractivity contribution is 5.74. The monoisotopic (exact) mass is 298 g/mol. The fraction of sp³-hybridized carbons (Fsp3) is 0.867. The number of carboxylic acids is 1. The van der Waals surface area contributed by atoms with E-state index in [0.29, 0.717) is 18.9 Å². The minimum atomic E-state index is -0.748.